The van der Waals surface area contributed by atoms with Crippen LogP contribution in [0.25, 0.3) is 0 Å². The minimum atomic E-state index is -0.614. The molecule has 0 aliphatic carbocycles. The molecule has 1 aliphatic heterocycles. The van der Waals surface area contributed by atoms with E-state index in [1.165, 1.54) is 22.3 Å². The Morgan fingerprint density at radius 2 is 1.76 bits per heavy atom. The summed E-state index contributed by atoms with van der Waals surface area (Å²) in [5, 5.41) is 10.0. The zero-order valence-electron chi connectivity index (χ0n) is 18.9. The minimum absolute atomic E-state index is 0.172. The molecule has 0 saturated heterocycles. The molecular formula is C26H36O3. The topological polar surface area (TPSA) is 38.7 Å². The Kier molecular flexibility index (Phi) is 6.28. The average Bonchev–Trinajstić information content (AvgIpc) is 2.66. The Labute approximate surface area is 176 Å². The van der Waals surface area contributed by atoms with Crippen LogP contribution in [0.15, 0.2) is 30.3 Å². The van der Waals surface area contributed by atoms with Crippen LogP contribution in [0, 0.1) is 20.8 Å². The van der Waals surface area contributed by atoms with Gasteiger partial charge in [0, 0.05) is 5.56 Å². The smallest absolute Gasteiger partial charge is 0.127 e. The number of fused-ring (bicyclic) bond motifs is 1. The van der Waals surface area contributed by atoms with Crippen LogP contribution in [0.1, 0.15) is 74.3 Å². The molecule has 0 aromatic heterocycles. The fraction of sp³-hybridized carbons (Fsp3) is 0.538. The van der Waals surface area contributed by atoms with Gasteiger partial charge in [-0.3, -0.25) is 0 Å². The molecule has 1 aliphatic rings. The normalized spacial score (nSPS) is 18.9. The van der Waals surface area contributed by atoms with Crippen molar-refractivity contribution in [3.05, 3.63) is 58.1 Å². The Bertz CT molecular complexity index is 849. The highest BCUT2D eigenvalue weighted by molar-refractivity contribution is 5.59. The van der Waals surface area contributed by atoms with E-state index >= 15 is 0 Å². The van der Waals surface area contributed by atoms with Crippen LogP contribution >= 0.6 is 0 Å². The van der Waals surface area contributed by atoms with Gasteiger partial charge in [0.05, 0.1) is 5.60 Å². The fourth-order valence-corrected chi connectivity index (χ4v) is 4.30. The summed E-state index contributed by atoms with van der Waals surface area (Å²) in [7, 11) is 0. The first-order valence-corrected chi connectivity index (χ1v) is 10.8. The summed E-state index contributed by atoms with van der Waals surface area (Å²) in [5.74, 6) is 2.04. The first kappa shape index (κ1) is 21.7. The third kappa shape index (κ3) is 5.14. The second kappa shape index (κ2) is 8.39. The van der Waals surface area contributed by atoms with E-state index in [1.807, 2.05) is 32.0 Å². The van der Waals surface area contributed by atoms with Crippen molar-refractivity contribution in [3.63, 3.8) is 0 Å². The van der Waals surface area contributed by atoms with Gasteiger partial charge in [-0.25, -0.2) is 0 Å². The highest BCUT2D eigenvalue weighted by atomic mass is 16.5. The molecule has 0 spiro atoms. The van der Waals surface area contributed by atoms with Gasteiger partial charge < -0.3 is 14.6 Å². The van der Waals surface area contributed by atoms with Crippen LogP contribution in [-0.2, 0) is 13.0 Å². The second-order valence-corrected chi connectivity index (χ2v) is 9.50. The summed E-state index contributed by atoms with van der Waals surface area (Å²) in [6.07, 6.45) is 4.71. The van der Waals surface area contributed by atoms with E-state index < -0.39 is 5.60 Å². The third-order valence-electron chi connectivity index (χ3n) is 6.28. The molecule has 3 heteroatoms. The van der Waals surface area contributed by atoms with Gasteiger partial charge in [-0.05, 0) is 95.9 Å². The molecule has 1 heterocycles. The van der Waals surface area contributed by atoms with Crippen molar-refractivity contribution in [1.29, 1.82) is 0 Å². The van der Waals surface area contributed by atoms with Crippen LogP contribution in [0.5, 0.6) is 11.5 Å². The van der Waals surface area contributed by atoms with Gasteiger partial charge in [0.1, 0.15) is 23.7 Å². The summed E-state index contributed by atoms with van der Waals surface area (Å²) >= 11 is 0. The summed E-state index contributed by atoms with van der Waals surface area (Å²) in [5.41, 5.74) is 5.23. The molecule has 0 amide bonds. The molecule has 3 nitrogen and oxygen atoms in total. The number of rotatable bonds is 7. The van der Waals surface area contributed by atoms with E-state index in [9.17, 15) is 5.11 Å². The van der Waals surface area contributed by atoms with Crippen molar-refractivity contribution in [3.8, 4) is 11.5 Å². The number of aliphatic hydroxyl groups is 1. The maximum Gasteiger partial charge on any atom is 0.127 e. The third-order valence-corrected chi connectivity index (χ3v) is 6.28. The van der Waals surface area contributed by atoms with Gasteiger partial charge in [0.25, 0.3) is 0 Å². The van der Waals surface area contributed by atoms with Gasteiger partial charge in [0.15, 0.2) is 0 Å². The second-order valence-electron chi connectivity index (χ2n) is 9.50. The van der Waals surface area contributed by atoms with Crippen molar-refractivity contribution in [2.45, 2.75) is 91.5 Å². The quantitative estimate of drug-likeness (QED) is 0.604. The van der Waals surface area contributed by atoms with E-state index in [-0.39, 0.29) is 5.60 Å². The molecule has 29 heavy (non-hydrogen) atoms. The van der Waals surface area contributed by atoms with Crippen molar-refractivity contribution in [2.75, 3.05) is 0 Å². The van der Waals surface area contributed by atoms with E-state index in [2.05, 4.69) is 39.8 Å². The lowest BCUT2D eigenvalue weighted by molar-refractivity contribution is 0.0328. The van der Waals surface area contributed by atoms with Crippen molar-refractivity contribution < 1.29 is 14.6 Å². The van der Waals surface area contributed by atoms with Crippen molar-refractivity contribution >= 4 is 0 Å². The summed E-state index contributed by atoms with van der Waals surface area (Å²) in [6, 6.07) is 10.3. The highest BCUT2D eigenvalue weighted by Gasteiger charge is 2.34. The summed E-state index contributed by atoms with van der Waals surface area (Å²) in [4.78, 5) is 0. The maximum absolute atomic E-state index is 10.0. The van der Waals surface area contributed by atoms with Crippen molar-refractivity contribution in [1.82, 2.24) is 0 Å². The van der Waals surface area contributed by atoms with Gasteiger partial charge in [-0.2, -0.15) is 0 Å². The standard InChI is InChI=1S/C26H36O3/c1-18-19(2)24-22(13-16-26(6,29-24)15-10-14-25(4,5)27)20(3)23(18)28-17-21-11-8-7-9-12-21/h7-9,11-12,27H,10,13-17H2,1-6H3. The highest BCUT2D eigenvalue weighted by Crippen LogP contribution is 2.45. The number of hydrogen-bond acceptors (Lipinski definition) is 3. The lowest BCUT2D eigenvalue weighted by Crippen LogP contribution is -2.37. The zero-order chi connectivity index (χ0) is 21.2. The number of hydrogen-bond donors (Lipinski definition) is 1. The van der Waals surface area contributed by atoms with Gasteiger partial charge in [-0.1, -0.05) is 30.3 Å². The predicted molar refractivity (Wildman–Crippen MR) is 119 cm³/mol. The largest absolute Gasteiger partial charge is 0.488 e. The van der Waals surface area contributed by atoms with E-state index in [1.54, 1.807) is 0 Å². The molecule has 0 radical (unpaired) electrons. The van der Waals surface area contributed by atoms with Crippen LogP contribution in [0.3, 0.4) is 0 Å². The number of benzene rings is 2. The van der Waals surface area contributed by atoms with E-state index in [0.717, 1.165) is 49.2 Å². The van der Waals surface area contributed by atoms with Crippen LogP contribution < -0.4 is 9.47 Å². The summed E-state index contributed by atoms with van der Waals surface area (Å²) < 4.78 is 12.9. The van der Waals surface area contributed by atoms with E-state index in [4.69, 9.17) is 9.47 Å². The summed E-state index contributed by atoms with van der Waals surface area (Å²) in [6.45, 7) is 13.0. The molecule has 0 saturated carbocycles. The molecule has 1 unspecified atom stereocenters. The molecule has 1 N–H and O–H groups in total. The molecule has 158 valence electrons. The Morgan fingerprint density at radius 3 is 2.41 bits per heavy atom. The first-order valence-electron chi connectivity index (χ1n) is 10.8. The lowest BCUT2D eigenvalue weighted by Gasteiger charge is -2.38. The predicted octanol–water partition coefficient (Wildman–Crippen LogP) is 6.22. The van der Waals surface area contributed by atoms with Gasteiger partial charge in [0.2, 0.25) is 0 Å². The molecule has 3 rings (SSSR count). The average molecular weight is 397 g/mol. The minimum Gasteiger partial charge on any atom is -0.488 e. The van der Waals surface area contributed by atoms with Crippen molar-refractivity contribution in [2.24, 2.45) is 0 Å². The van der Waals surface area contributed by atoms with E-state index in [0.29, 0.717) is 6.61 Å². The molecule has 2 aromatic carbocycles. The molecule has 0 fully saturated rings. The van der Waals surface area contributed by atoms with Crippen LogP contribution in [0.4, 0.5) is 0 Å². The monoisotopic (exact) mass is 396 g/mol. The first-order chi connectivity index (χ1) is 13.6. The van der Waals surface area contributed by atoms with Gasteiger partial charge in [-0.15, -0.1) is 0 Å². The van der Waals surface area contributed by atoms with Crippen LogP contribution in [0.2, 0.25) is 0 Å². The molecule has 0 bridgehead atoms. The Balaban J connectivity index is 1.79. The molecular weight excluding hydrogens is 360 g/mol. The molecule has 1 atom stereocenters. The van der Waals surface area contributed by atoms with Gasteiger partial charge >= 0.3 is 0 Å². The van der Waals surface area contributed by atoms with Crippen LogP contribution in [-0.4, -0.2) is 16.3 Å². The fourth-order valence-electron chi connectivity index (χ4n) is 4.30. The number of ether oxygens (including phenoxy) is 2. The SMILES string of the molecule is Cc1c(C)c2c(c(C)c1OCc1ccccc1)CCC(C)(CCCC(C)(C)O)O2. The lowest BCUT2D eigenvalue weighted by atomic mass is 9.84. The Morgan fingerprint density at radius 1 is 1.07 bits per heavy atom. The maximum atomic E-state index is 10.0. The molecule has 2 aromatic rings. The zero-order valence-corrected chi connectivity index (χ0v) is 18.9. The Hall–Kier alpha value is -2.00.